The monoisotopic (exact) mass is 509 g/mol. The Morgan fingerprint density at radius 1 is 1.21 bits per heavy atom. The minimum absolute atomic E-state index is 0.187. The van der Waals surface area contributed by atoms with Gasteiger partial charge in [0.1, 0.15) is 6.61 Å². The van der Waals surface area contributed by atoms with Crippen LogP contribution >= 0.6 is 34.2 Å². The lowest BCUT2D eigenvalue weighted by atomic mass is 10.1. The van der Waals surface area contributed by atoms with E-state index in [9.17, 15) is 4.79 Å². The molecule has 1 heterocycles. The van der Waals surface area contributed by atoms with Crippen LogP contribution in [-0.4, -0.2) is 25.1 Å². The fourth-order valence-electron chi connectivity index (χ4n) is 2.49. The predicted molar refractivity (Wildman–Crippen MR) is 118 cm³/mol. The summed E-state index contributed by atoms with van der Waals surface area (Å²) in [6.45, 7) is 6.38. The quantitative estimate of drug-likeness (QED) is 0.221. The van der Waals surface area contributed by atoms with E-state index < -0.39 is 5.97 Å². The highest BCUT2D eigenvalue weighted by Crippen LogP contribution is 2.31. The van der Waals surface area contributed by atoms with Crippen molar-refractivity contribution in [3.05, 3.63) is 74.5 Å². The molecule has 1 aliphatic heterocycles. The summed E-state index contributed by atoms with van der Waals surface area (Å²) < 4.78 is 17.5. The van der Waals surface area contributed by atoms with E-state index in [0.29, 0.717) is 35.3 Å². The van der Waals surface area contributed by atoms with Crippen LogP contribution in [0.4, 0.5) is 0 Å². The second-order valence-corrected chi connectivity index (χ2v) is 7.35. The van der Waals surface area contributed by atoms with Crippen molar-refractivity contribution >= 4 is 52.1 Å². The zero-order chi connectivity index (χ0) is 20.1. The first kappa shape index (κ1) is 20.4. The molecule has 0 aliphatic carbocycles. The third-order valence-electron chi connectivity index (χ3n) is 3.71. The number of halogens is 2. The van der Waals surface area contributed by atoms with Gasteiger partial charge in [-0.3, -0.25) is 0 Å². The van der Waals surface area contributed by atoms with Gasteiger partial charge in [0.15, 0.2) is 17.2 Å². The van der Waals surface area contributed by atoms with Gasteiger partial charge in [-0.25, -0.2) is 9.79 Å². The number of carbonyl (C=O) groups is 1. The first-order valence-electron chi connectivity index (χ1n) is 8.50. The Morgan fingerprint density at radius 3 is 2.79 bits per heavy atom. The van der Waals surface area contributed by atoms with E-state index in [2.05, 4.69) is 34.2 Å². The second-order valence-electron chi connectivity index (χ2n) is 5.70. The van der Waals surface area contributed by atoms with Crippen LogP contribution in [0.15, 0.2) is 59.7 Å². The minimum atomic E-state index is -0.533. The maximum Gasteiger partial charge on any atom is 0.363 e. The molecule has 0 spiro atoms. The fraction of sp³-hybridized carbons (Fsp3) is 0.143. The Bertz CT molecular complexity index is 984. The number of ether oxygens (including phenoxy) is 3. The highest BCUT2D eigenvalue weighted by atomic mass is 127. The average molecular weight is 510 g/mol. The van der Waals surface area contributed by atoms with E-state index in [1.54, 1.807) is 30.4 Å². The van der Waals surface area contributed by atoms with Crippen molar-refractivity contribution in [1.29, 1.82) is 0 Å². The second kappa shape index (κ2) is 9.25. The van der Waals surface area contributed by atoms with Crippen LogP contribution in [0.3, 0.4) is 0 Å². The van der Waals surface area contributed by atoms with Crippen LogP contribution in [0.5, 0.6) is 11.5 Å². The van der Waals surface area contributed by atoms with Crippen molar-refractivity contribution in [2.24, 2.45) is 4.99 Å². The maximum atomic E-state index is 12.3. The van der Waals surface area contributed by atoms with E-state index in [1.165, 1.54) is 0 Å². The Labute approximate surface area is 181 Å². The number of nitrogens with zero attached hydrogens (tertiary/aromatic N) is 1. The molecular formula is C21H17ClINO4. The van der Waals surface area contributed by atoms with E-state index in [-0.39, 0.29) is 11.6 Å². The van der Waals surface area contributed by atoms with Gasteiger partial charge in [-0.1, -0.05) is 30.3 Å². The highest BCUT2D eigenvalue weighted by molar-refractivity contribution is 14.1. The Hall–Kier alpha value is -2.32. The molecular weight excluding hydrogens is 493 g/mol. The van der Waals surface area contributed by atoms with Gasteiger partial charge < -0.3 is 14.2 Å². The summed E-state index contributed by atoms with van der Waals surface area (Å²) in [7, 11) is 0. The summed E-state index contributed by atoms with van der Waals surface area (Å²) in [5.74, 6) is 0.841. The number of rotatable bonds is 7. The maximum absolute atomic E-state index is 12.3. The zero-order valence-corrected chi connectivity index (χ0v) is 18.0. The smallest absolute Gasteiger partial charge is 0.363 e. The first-order chi connectivity index (χ1) is 13.5. The van der Waals surface area contributed by atoms with Gasteiger partial charge in [-0.05, 0) is 71.5 Å². The molecule has 0 atom stereocenters. The van der Waals surface area contributed by atoms with Crippen molar-refractivity contribution < 1.29 is 19.0 Å². The summed E-state index contributed by atoms with van der Waals surface area (Å²) in [5.41, 5.74) is 1.50. The third kappa shape index (κ3) is 4.74. The molecule has 0 bridgehead atoms. The van der Waals surface area contributed by atoms with Gasteiger partial charge in [0.25, 0.3) is 0 Å². The van der Waals surface area contributed by atoms with Crippen LogP contribution in [-0.2, 0) is 9.53 Å². The SMILES string of the molecule is C=CCOc1ccc(/C=C2\N=C(c3cc(I)ccc3Cl)OC2=O)cc1OCC. The summed E-state index contributed by atoms with van der Waals surface area (Å²) in [6.07, 6.45) is 3.29. The van der Waals surface area contributed by atoms with Gasteiger partial charge in [0.05, 0.1) is 17.2 Å². The van der Waals surface area contributed by atoms with E-state index in [1.807, 2.05) is 25.1 Å². The number of carbonyl (C=O) groups excluding carboxylic acids is 1. The van der Waals surface area contributed by atoms with Crippen molar-refractivity contribution in [1.82, 2.24) is 0 Å². The molecule has 0 unspecified atom stereocenters. The lowest BCUT2D eigenvalue weighted by molar-refractivity contribution is -0.129. The molecule has 1 aliphatic rings. The number of cyclic esters (lactones) is 1. The lowest BCUT2D eigenvalue weighted by Gasteiger charge is -2.11. The highest BCUT2D eigenvalue weighted by Gasteiger charge is 2.26. The largest absolute Gasteiger partial charge is 0.490 e. The molecule has 2 aromatic carbocycles. The number of hydrogen-bond acceptors (Lipinski definition) is 5. The molecule has 2 aromatic rings. The molecule has 0 saturated heterocycles. The molecule has 0 amide bonds. The van der Waals surface area contributed by atoms with Gasteiger partial charge >= 0.3 is 5.97 Å². The number of esters is 1. The molecule has 0 N–H and O–H groups in total. The molecule has 0 saturated carbocycles. The minimum Gasteiger partial charge on any atom is -0.490 e. The number of aliphatic imine (C=N–C) groups is 1. The standard InChI is InChI=1S/C21H17ClINO4/c1-3-9-27-18-8-5-13(11-19(18)26-4-2)10-17-21(25)28-20(24-17)15-12-14(23)6-7-16(15)22/h3,5-8,10-12H,1,4,9H2,2H3/b17-10-. The molecule has 0 aromatic heterocycles. The molecule has 7 heteroatoms. The van der Waals surface area contributed by atoms with Gasteiger partial charge in [-0.15, -0.1) is 0 Å². The van der Waals surface area contributed by atoms with Gasteiger partial charge in [0, 0.05) is 3.57 Å². The molecule has 5 nitrogen and oxygen atoms in total. The topological polar surface area (TPSA) is 57.1 Å². The summed E-state index contributed by atoms with van der Waals surface area (Å²) >= 11 is 8.37. The molecule has 3 rings (SSSR count). The van der Waals surface area contributed by atoms with Crippen molar-refractivity contribution in [2.75, 3.05) is 13.2 Å². The lowest BCUT2D eigenvalue weighted by Crippen LogP contribution is -2.06. The molecule has 0 fully saturated rings. The number of hydrogen-bond donors (Lipinski definition) is 0. The zero-order valence-electron chi connectivity index (χ0n) is 15.1. The van der Waals surface area contributed by atoms with E-state index >= 15 is 0 Å². The van der Waals surface area contributed by atoms with Crippen LogP contribution in [0.2, 0.25) is 5.02 Å². The van der Waals surface area contributed by atoms with Crippen LogP contribution < -0.4 is 9.47 Å². The predicted octanol–water partition coefficient (Wildman–Crippen LogP) is 5.25. The third-order valence-corrected chi connectivity index (χ3v) is 4.71. The van der Waals surface area contributed by atoms with E-state index in [4.69, 9.17) is 25.8 Å². The summed E-state index contributed by atoms with van der Waals surface area (Å²) in [4.78, 5) is 16.6. The Kier molecular flexibility index (Phi) is 6.74. The van der Waals surface area contributed by atoms with Crippen molar-refractivity contribution in [3.8, 4) is 11.5 Å². The van der Waals surface area contributed by atoms with E-state index in [0.717, 1.165) is 9.13 Å². The average Bonchev–Trinajstić information content (AvgIpc) is 3.03. The Balaban J connectivity index is 1.93. The van der Waals surface area contributed by atoms with Gasteiger partial charge in [0.2, 0.25) is 5.90 Å². The molecule has 0 radical (unpaired) electrons. The van der Waals surface area contributed by atoms with Crippen LogP contribution in [0, 0.1) is 3.57 Å². The van der Waals surface area contributed by atoms with Gasteiger partial charge in [-0.2, -0.15) is 0 Å². The van der Waals surface area contributed by atoms with Crippen LogP contribution in [0.25, 0.3) is 6.08 Å². The fourth-order valence-corrected chi connectivity index (χ4v) is 3.18. The summed E-state index contributed by atoms with van der Waals surface area (Å²) in [6, 6.07) is 10.8. The summed E-state index contributed by atoms with van der Waals surface area (Å²) in [5, 5.41) is 0.468. The van der Waals surface area contributed by atoms with Crippen molar-refractivity contribution in [3.63, 3.8) is 0 Å². The molecule has 28 heavy (non-hydrogen) atoms. The van der Waals surface area contributed by atoms with Crippen LogP contribution in [0.1, 0.15) is 18.1 Å². The first-order valence-corrected chi connectivity index (χ1v) is 9.96. The number of benzene rings is 2. The van der Waals surface area contributed by atoms with Crippen molar-refractivity contribution in [2.45, 2.75) is 6.92 Å². The normalized spacial score (nSPS) is 14.6. The molecule has 144 valence electrons. The Morgan fingerprint density at radius 2 is 2.04 bits per heavy atom.